The molecule has 1 rings (SSSR count). The number of hydrogen-bond acceptors (Lipinski definition) is 3. The summed E-state index contributed by atoms with van der Waals surface area (Å²) in [5, 5.41) is 2.61. The van der Waals surface area contributed by atoms with Crippen molar-refractivity contribution in [3.05, 3.63) is 0 Å². The lowest BCUT2D eigenvalue weighted by atomic mass is 9.98. The third-order valence-corrected chi connectivity index (χ3v) is 3.12. The second kappa shape index (κ2) is 6.47. The number of hydrogen-bond donors (Lipinski definition) is 1. The van der Waals surface area contributed by atoms with Crippen molar-refractivity contribution in [3.63, 3.8) is 0 Å². The SMILES string of the molecule is CCOC(=O)CNC(=O)N1C(C)CCCC1C. The Bertz CT molecular complexity index is 271. The minimum absolute atomic E-state index is 0.0530. The number of rotatable bonds is 3. The van der Waals surface area contributed by atoms with Crippen LogP contribution in [0.2, 0.25) is 0 Å². The summed E-state index contributed by atoms with van der Waals surface area (Å²) in [4.78, 5) is 24.9. The standard InChI is InChI=1S/C12H22N2O3/c1-4-17-11(15)8-13-12(16)14-9(2)6-5-7-10(14)3/h9-10H,4-8H2,1-3H3,(H,13,16). The van der Waals surface area contributed by atoms with E-state index in [4.69, 9.17) is 4.74 Å². The van der Waals surface area contributed by atoms with E-state index in [1.165, 1.54) is 0 Å². The molecule has 0 bridgehead atoms. The highest BCUT2D eigenvalue weighted by Crippen LogP contribution is 2.22. The summed E-state index contributed by atoms with van der Waals surface area (Å²) < 4.78 is 4.76. The molecule has 5 nitrogen and oxygen atoms in total. The van der Waals surface area contributed by atoms with Gasteiger partial charge < -0.3 is 15.0 Å². The molecule has 1 aliphatic rings. The van der Waals surface area contributed by atoms with Gasteiger partial charge in [-0.25, -0.2) is 4.79 Å². The van der Waals surface area contributed by atoms with Gasteiger partial charge in [-0.3, -0.25) is 4.79 Å². The van der Waals surface area contributed by atoms with E-state index in [-0.39, 0.29) is 24.7 Å². The lowest BCUT2D eigenvalue weighted by molar-refractivity contribution is -0.141. The fraction of sp³-hybridized carbons (Fsp3) is 0.833. The predicted octanol–water partition coefficient (Wildman–Crippen LogP) is 1.52. The zero-order chi connectivity index (χ0) is 12.8. The number of ether oxygens (including phenoxy) is 1. The van der Waals surface area contributed by atoms with E-state index < -0.39 is 5.97 Å². The molecule has 2 amide bonds. The van der Waals surface area contributed by atoms with E-state index in [0.717, 1.165) is 19.3 Å². The Balaban J connectivity index is 2.42. The van der Waals surface area contributed by atoms with Gasteiger partial charge in [0, 0.05) is 12.1 Å². The monoisotopic (exact) mass is 242 g/mol. The maximum atomic E-state index is 11.9. The molecule has 0 aromatic rings. The molecule has 0 aliphatic carbocycles. The van der Waals surface area contributed by atoms with Crippen molar-refractivity contribution in [3.8, 4) is 0 Å². The first kappa shape index (κ1) is 13.8. The lowest BCUT2D eigenvalue weighted by Gasteiger charge is -2.38. The lowest BCUT2D eigenvalue weighted by Crippen LogP contribution is -2.52. The largest absolute Gasteiger partial charge is 0.465 e. The van der Waals surface area contributed by atoms with Gasteiger partial charge in [-0.15, -0.1) is 0 Å². The Morgan fingerprint density at radius 1 is 1.29 bits per heavy atom. The zero-order valence-corrected chi connectivity index (χ0v) is 10.9. The summed E-state index contributed by atoms with van der Waals surface area (Å²) in [6.45, 7) is 6.11. The van der Waals surface area contributed by atoms with Crippen LogP contribution in [0.4, 0.5) is 4.79 Å². The van der Waals surface area contributed by atoms with Gasteiger partial charge in [0.2, 0.25) is 0 Å². The van der Waals surface area contributed by atoms with Crippen molar-refractivity contribution in [2.45, 2.75) is 52.1 Å². The first-order valence-electron chi connectivity index (χ1n) is 6.28. The van der Waals surface area contributed by atoms with Crippen LogP contribution in [0, 0.1) is 0 Å². The minimum Gasteiger partial charge on any atom is -0.465 e. The Kier molecular flexibility index (Phi) is 5.25. The smallest absolute Gasteiger partial charge is 0.325 e. The molecule has 0 radical (unpaired) electrons. The molecule has 1 aliphatic heterocycles. The molecule has 5 heteroatoms. The summed E-state index contributed by atoms with van der Waals surface area (Å²) in [5.41, 5.74) is 0. The van der Waals surface area contributed by atoms with Crippen LogP contribution in [0.5, 0.6) is 0 Å². The van der Waals surface area contributed by atoms with Crippen molar-refractivity contribution in [1.82, 2.24) is 10.2 Å². The quantitative estimate of drug-likeness (QED) is 0.763. The second-order valence-corrected chi connectivity index (χ2v) is 4.50. The van der Waals surface area contributed by atoms with Crippen molar-refractivity contribution >= 4 is 12.0 Å². The number of piperidine rings is 1. The van der Waals surface area contributed by atoms with Crippen molar-refractivity contribution < 1.29 is 14.3 Å². The van der Waals surface area contributed by atoms with E-state index in [1.54, 1.807) is 6.92 Å². The van der Waals surface area contributed by atoms with E-state index >= 15 is 0 Å². The maximum Gasteiger partial charge on any atom is 0.325 e. The molecule has 1 saturated heterocycles. The Labute approximate surface area is 102 Å². The van der Waals surface area contributed by atoms with Gasteiger partial charge >= 0.3 is 12.0 Å². The van der Waals surface area contributed by atoms with Crippen LogP contribution in [-0.2, 0) is 9.53 Å². The summed E-state index contributed by atoms with van der Waals surface area (Å²) in [6.07, 6.45) is 3.21. The van der Waals surface area contributed by atoms with Crippen molar-refractivity contribution in [1.29, 1.82) is 0 Å². The zero-order valence-electron chi connectivity index (χ0n) is 10.9. The highest BCUT2D eigenvalue weighted by Gasteiger charge is 2.28. The molecular formula is C12H22N2O3. The van der Waals surface area contributed by atoms with Crippen LogP contribution in [-0.4, -0.2) is 42.1 Å². The van der Waals surface area contributed by atoms with Crippen LogP contribution in [0.25, 0.3) is 0 Å². The molecule has 1 heterocycles. The van der Waals surface area contributed by atoms with E-state index in [9.17, 15) is 9.59 Å². The third-order valence-electron chi connectivity index (χ3n) is 3.12. The topological polar surface area (TPSA) is 58.6 Å². The number of urea groups is 1. The predicted molar refractivity (Wildman–Crippen MR) is 64.6 cm³/mol. The molecule has 0 spiro atoms. The van der Waals surface area contributed by atoms with Crippen molar-refractivity contribution in [2.75, 3.05) is 13.2 Å². The second-order valence-electron chi connectivity index (χ2n) is 4.50. The van der Waals surface area contributed by atoms with Crippen LogP contribution >= 0.6 is 0 Å². The van der Waals surface area contributed by atoms with E-state index in [1.807, 2.05) is 18.7 Å². The molecule has 17 heavy (non-hydrogen) atoms. The molecule has 2 atom stereocenters. The number of esters is 1. The summed E-state index contributed by atoms with van der Waals surface area (Å²) >= 11 is 0. The van der Waals surface area contributed by atoms with Gasteiger partial charge in [0.1, 0.15) is 6.54 Å². The summed E-state index contributed by atoms with van der Waals surface area (Å²) in [6, 6.07) is 0.305. The average Bonchev–Trinajstić information content (AvgIpc) is 2.26. The van der Waals surface area contributed by atoms with Crippen LogP contribution in [0.1, 0.15) is 40.0 Å². The molecule has 0 aromatic carbocycles. The van der Waals surface area contributed by atoms with Gasteiger partial charge in [-0.05, 0) is 40.0 Å². The number of carbonyl (C=O) groups is 2. The van der Waals surface area contributed by atoms with Gasteiger partial charge in [-0.1, -0.05) is 0 Å². The average molecular weight is 242 g/mol. The van der Waals surface area contributed by atoms with Crippen LogP contribution in [0.3, 0.4) is 0 Å². The molecule has 2 unspecified atom stereocenters. The summed E-state index contributed by atoms with van der Waals surface area (Å²) in [5.74, 6) is -0.391. The molecular weight excluding hydrogens is 220 g/mol. The van der Waals surface area contributed by atoms with Gasteiger partial charge in [0.15, 0.2) is 0 Å². The highest BCUT2D eigenvalue weighted by molar-refractivity contribution is 5.81. The number of amides is 2. The van der Waals surface area contributed by atoms with Crippen LogP contribution < -0.4 is 5.32 Å². The fourth-order valence-corrected chi connectivity index (χ4v) is 2.27. The number of carbonyl (C=O) groups excluding carboxylic acids is 2. The summed E-state index contributed by atoms with van der Waals surface area (Å²) in [7, 11) is 0. The Morgan fingerprint density at radius 3 is 2.41 bits per heavy atom. The Hall–Kier alpha value is -1.26. The Morgan fingerprint density at radius 2 is 1.88 bits per heavy atom. The van der Waals surface area contributed by atoms with Gasteiger partial charge in [-0.2, -0.15) is 0 Å². The first-order valence-corrected chi connectivity index (χ1v) is 6.28. The maximum absolute atomic E-state index is 11.9. The molecule has 98 valence electrons. The van der Waals surface area contributed by atoms with Crippen molar-refractivity contribution in [2.24, 2.45) is 0 Å². The fourth-order valence-electron chi connectivity index (χ4n) is 2.27. The van der Waals surface area contributed by atoms with Gasteiger partial charge in [0.05, 0.1) is 6.61 Å². The highest BCUT2D eigenvalue weighted by atomic mass is 16.5. The number of nitrogens with zero attached hydrogens (tertiary/aromatic N) is 1. The first-order chi connectivity index (χ1) is 8.06. The molecule has 1 N–H and O–H groups in total. The van der Waals surface area contributed by atoms with Gasteiger partial charge in [0.25, 0.3) is 0 Å². The van der Waals surface area contributed by atoms with E-state index in [2.05, 4.69) is 5.32 Å². The number of likely N-dealkylation sites (tertiary alicyclic amines) is 1. The minimum atomic E-state index is -0.391. The van der Waals surface area contributed by atoms with E-state index in [0.29, 0.717) is 6.61 Å². The molecule has 1 fully saturated rings. The molecule has 0 aromatic heterocycles. The normalized spacial score (nSPS) is 24.3. The van der Waals surface area contributed by atoms with Crippen LogP contribution in [0.15, 0.2) is 0 Å². The molecule has 0 saturated carbocycles. The number of nitrogens with one attached hydrogen (secondary N) is 1. The third kappa shape index (κ3) is 3.91.